The first-order chi connectivity index (χ1) is 9.33. The molecule has 2 heteroatoms. The average molecular weight is 248 g/mol. The van der Waals surface area contributed by atoms with Crippen LogP contribution in [0.3, 0.4) is 0 Å². The van der Waals surface area contributed by atoms with Gasteiger partial charge in [-0.3, -0.25) is 0 Å². The van der Waals surface area contributed by atoms with E-state index in [1.165, 1.54) is 16.5 Å². The van der Waals surface area contributed by atoms with E-state index in [0.717, 1.165) is 16.9 Å². The highest BCUT2D eigenvalue weighted by Crippen LogP contribution is 2.30. The number of benzene rings is 1. The summed E-state index contributed by atoms with van der Waals surface area (Å²) in [6.07, 6.45) is 8.02. The lowest BCUT2D eigenvalue weighted by Gasteiger charge is -1.98. The van der Waals surface area contributed by atoms with E-state index in [4.69, 9.17) is 0 Å². The summed E-state index contributed by atoms with van der Waals surface area (Å²) in [6, 6.07) is 10.5. The predicted octanol–water partition coefficient (Wildman–Crippen LogP) is 4.84. The molecule has 0 aliphatic rings. The molecule has 2 nitrogen and oxygen atoms in total. The van der Waals surface area contributed by atoms with Crippen molar-refractivity contribution in [2.24, 2.45) is 0 Å². The maximum atomic E-state index is 3.85. The van der Waals surface area contributed by atoms with Gasteiger partial charge in [0.2, 0.25) is 0 Å². The van der Waals surface area contributed by atoms with Crippen LogP contribution in [0.25, 0.3) is 34.3 Å². The highest BCUT2D eigenvalue weighted by molar-refractivity contribution is 5.88. The number of hydrogen-bond acceptors (Lipinski definition) is 0. The number of nitrogens with one attached hydrogen (secondary N) is 2. The molecule has 94 valence electrons. The van der Waals surface area contributed by atoms with Crippen LogP contribution in [0.1, 0.15) is 18.2 Å². The van der Waals surface area contributed by atoms with Gasteiger partial charge in [0.15, 0.2) is 0 Å². The fraction of sp³-hybridized carbons (Fsp3) is 0.0588. The van der Waals surface area contributed by atoms with Gasteiger partial charge in [-0.1, -0.05) is 36.9 Å². The smallest absolute Gasteiger partial charge is 0.0486 e. The maximum absolute atomic E-state index is 3.85. The van der Waals surface area contributed by atoms with E-state index < -0.39 is 0 Å². The van der Waals surface area contributed by atoms with E-state index >= 15 is 0 Å². The Bertz CT molecular complexity index is 724. The molecule has 3 aromatic rings. The van der Waals surface area contributed by atoms with Gasteiger partial charge in [0, 0.05) is 39.6 Å². The fourth-order valence-electron chi connectivity index (χ4n) is 2.41. The van der Waals surface area contributed by atoms with Gasteiger partial charge in [0.1, 0.15) is 0 Å². The Morgan fingerprint density at radius 2 is 2.05 bits per heavy atom. The molecule has 0 atom stereocenters. The molecule has 2 heterocycles. The molecular weight excluding hydrogens is 232 g/mol. The Morgan fingerprint density at radius 1 is 1.21 bits per heavy atom. The third-order valence-electron chi connectivity index (χ3n) is 3.31. The lowest BCUT2D eigenvalue weighted by Crippen LogP contribution is -1.79. The molecule has 1 aromatic carbocycles. The van der Waals surface area contributed by atoms with Crippen molar-refractivity contribution in [2.45, 2.75) is 6.92 Å². The van der Waals surface area contributed by atoms with Crippen molar-refractivity contribution in [1.29, 1.82) is 0 Å². The topological polar surface area (TPSA) is 31.6 Å². The summed E-state index contributed by atoms with van der Waals surface area (Å²) in [4.78, 5) is 6.72. The number of rotatable bonds is 3. The summed E-state index contributed by atoms with van der Waals surface area (Å²) in [5.74, 6) is 0. The molecule has 0 aliphatic carbocycles. The molecule has 0 saturated heterocycles. The van der Waals surface area contributed by atoms with Crippen molar-refractivity contribution in [3.8, 4) is 11.3 Å². The zero-order valence-corrected chi connectivity index (χ0v) is 10.9. The van der Waals surface area contributed by atoms with Gasteiger partial charge in [-0.2, -0.15) is 0 Å². The molecule has 0 radical (unpaired) electrons. The van der Waals surface area contributed by atoms with Crippen LogP contribution in [0.15, 0.2) is 49.2 Å². The van der Waals surface area contributed by atoms with Crippen molar-refractivity contribution in [3.05, 3.63) is 60.4 Å². The fourth-order valence-corrected chi connectivity index (χ4v) is 2.41. The van der Waals surface area contributed by atoms with Gasteiger partial charge in [-0.15, -0.1) is 0 Å². The van der Waals surface area contributed by atoms with E-state index in [9.17, 15) is 0 Å². The molecule has 0 spiro atoms. The number of aromatic amines is 2. The van der Waals surface area contributed by atoms with Crippen LogP contribution in [0.5, 0.6) is 0 Å². The number of aromatic nitrogens is 2. The van der Waals surface area contributed by atoms with Gasteiger partial charge in [0.05, 0.1) is 0 Å². The van der Waals surface area contributed by atoms with Crippen LogP contribution in [-0.2, 0) is 0 Å². The lowest BCUT2D eigenvalue weighted by molar-refractivity contribution is 1.37. The monoisotopic (exact) mass is 248 g/mol. The van der Waals surface area contributed by atoms with Crippen molar-refractivity contribution >= 4 is 23.1 Å². The highest BCUT2D eigenvalue weighted by atomic mass is 14.7. The first-order valence-corrected chi connectivity index (χ1v) is 6.38. The summed E-state index contributed by atoms with van der Waals surface area (Å²) in [7, 11) is 0. The van der Waals surface area contributed by atoms with Gasteiger partial charge in [-0.05, 0) is 25.1 Å². The highest BCUT2D eigenvalue weighted by Gasteiger charge is 2.10. The first kappa shape index (κ1) is 11.6. The zero-order chi connectivity index (χ0) is 13.2. The molecule has 0 unspecified atom stereocenters. The molecule has 19 heavy (non-hydrogen) atoms. The third kappa shape index (κ3) is 1.91. The number of para-hydroxylation sites is 1. The quantitative estimate of drug-likeness (QED) is 0.664. The Kier molecular flexibility index (Phi) is 2.84. The van der Waals surface area contributed by atoms with E-state index in [2.05, 4.69) is 46.9 Å². The average Bonchev–Trinajstić information content (AvgIpc) is 3.01. The van der Waals surface area contributed by atoms with E-state index in [0.29, 0.717) is 0 Å². The van der Waals surface area contributed by atoms with Crippen molar-refractivity contribution in [3.63, 3.8) is 0 Å². The molecule has 2 N–H and O–H groups in total. The lowest BCUT2D eigenvalue weighted by atomic mass is 10.1. The van der Waals surface area contributed by atoms with Crippen LogP contribution >= 0.6 is 0 Å². The Balaban J connectivity index is 2.20. The van der Waals surface area contributed by atoms with Crippen LogP contribution in [0.4, 0.5) is 0 Å². The minimum absolute atomic E-state index is 1.05. The van der Waals surface area contributed by atoms with Gasteiger partial charge in [0.25, 0.3) is 0 Å². The molecule has 0 saturated carbocycles. The summed E-state index contributed by atoms with van der Waals surface area (Å²) in [6.45, 7) is 5.87. The molecule has 0 bridgehead atoms. The SMILES string of the molecule is C=Cc1[nH]cc(-c2cc3ccccc3[nH]2)c1/C=C\C. The summed E-state index contributed by atoms with van der Waals surface area (Å²) < 4.78 is 0. The van der Waals surface area contributed by atoms with Crippen LogP contribution in [-0.4, -0.2) is 9.97 Å². The van der Waals surface area contributed by atoms with Crippen LogP contribution in [0, 0.1) is 0 Å². The molecule has 0 amide bonds. The second-order valence-corrected chi connectivity index (χ2v) is 4.50. The van der Waals surface area contributed by atoms with Crippen LogP contribution in [0.2, 0.25) is 0 Å². The van der Waals surface area contributed by atoms with Crippen molar-refractivity contribution in [1.82, 2.24) is 9.97 Å². The largest absolute Gasteiger partial charge is 0.361 e. The number of hydrogen-bond donors (Lipinski definition) is 2. The molecule has 0 aliphatic heterocycles. The van der Waals surface area contributed by atoms with Gasteiger partial charge < -0.3 is 9.97 Å². The first-order valence-electron chi connectivity index (χ1n) is 6.38. The van der Waals surface area contributed by atoms with Gasteiger partial charge in [-0.25, -0.2) is 0 Å². The third-order valence-corrected chi connectivity index (χ3v) is 3.31. The Morgan fingerprint density at radius 3 is 2.79 bits per heavy atom. The van der Waals surface area contributed by atoms with E-state index in [1.807, 2.05) is 31.3 Å². The minimum atomic E-state index is 1.05. The number of H-pyrrole nitrogens is 2. The molecule has 0 fully saturated rings. The molecular formula is C17H16N2. The normalized spacial score (nSPS) is 11.4. The Labute approximate surface area is 112 Å². The van der Waals surface area contributed by atoms with Gasteiger partial charge >= 0.3 is 0 Å². The summed E-state index contributed by atoms with van der Waals surface area (Å²) in [5.41, 5.74) is 5.67. The second kappa shape index (κ2) is 4.65. The van der Waals surface area contributed by atoms with Crippen LogP contribution < -0.4 is 0 Å². The van der Waals surface area contributed by atoms with Crippen molar-refractivity contribution < 1.29 is 0 Å². The summed E-state index contributed by atoms with van der Waals surface area (Å²) in [5, 5.41) is 1.23. The van der Waals surface area contributed by atoms with E-state index in [-0.39, 0.29) is 0 Å². The van der Waals surface area contributed by atoms with E-state index in [1.54, 1.807) is 0 Å². The maximum Gasteiger partial charge on any atom is 0.0486 e. The Hall–Kier alpha value is -2.48. The summed E-state index contributed by atoms with van der Waals surface area (Å²) >= 11 is 0. The van der Waals surface area contributed by atoms with Crippen molar-refractivity contribution in [2.75, 3.05) is 0 Å². The predicted molar refractivity (Wildman–Crippen MR) is 82.9 cm³/mol. The number of fused-ring (bicyclic) bond motifs is 1. The standard InChI is InChI=1S/C17H16N2/c1-3-7-13-14(11-18-15(13)4-2)17-10-12-8-5-6-9-16(12)19-17/h3-11,18-19H,2H2,1H3/b7-3-. The molecule has 2 aromatic heterocycles. The molecule has 3 rings (SSSR count). The zero-order valence-electron chi connectivity index (χ0n) is 10.9. The second-order valence-electron chi connectivity index (χ2n) is 4.50. The number of allylic oxidation sites excluding steroid dienone is 1. The minimum Gasteiger partial charge on any atom is -0.361 e.